The van der Waals surface area contributed by atoms with Gasteiger partial charge in [0.25, 0.3) is 0 Å². The van der Waals surface area contributed by atoms with Crippen molar-refractivity contribution in [3.8, 4) is 23.8 Å². The van der Waals surface area contributed by atoms with E-state index in [1.54, 1.807) is 18.2 Å². The Hall–Kier alpha value is -2.78. The van der Waals surface area contributed by atoms with Crippen molar-refractivity contribution >= 4 is 22.0 Å². The highest BCUT2D eigenvalue weighted by Gasteiger charge is 2.06. The van der Waals surface area contributed by atoms with Crippen molar-refractivity contribution in [2.75, 3.05) is 6.61 Å². The van der Waals surface area contributed by atoms with Gasteiger partial charge < -0.3 is 9.47 Å². The molecule has 0 heterocycles. The highest BCUT2D eigenvalue weighted by Crippen LogP contribution is 2.27. The molecule has 24 heavy (non-hydrogen) atoms. The molecule has 5 nitrogen and oxygen atoms in total. The minimum Gasteiger partial charge on any atom is -0.489 e. The van der Waals surface area contributed by atoms with E-state index in [1.165, 1.54) is 6.08 Å². The first-order valence-electron chi connectivity index (χ1n) is 6.98. The lowest BCUT2D eigenvalue weighted by atomic mass is 10.2. The van der Waals surface area contributed by atoms with Gasteiger partial charge >= 0.3 is 0 Å². The van der Waals surface area contributed by atoms with Gasteiger partial charge in [-0.1, -0.05) is 34.0 Å². The minimum absolute atomic E-state index is 0.0650. The highest BCUT2D eigenvalue weighted by molar-refractivity contribution is 9.10. The molecule has 0 aromatic heterocycles. The predicted octanol–water partition coefficient (Wildman–Crippen LogP) is 4.29. The van der Waals surface area contributed by atoms with Crippen LogP contribution in [0.2, 0.25) is 0 Å². The van der Waals surface area contributed by atoms with Crippen molar-refractivity contribution < 1.29 is 14.4 Å². The van der Waals surface area contributed by atoms with Gasteiger partial charge in [0.1, 0.15) is 24.7 Å². The van der Waals surface area contributed by atoms with Crippen LogP contribution in [0, 0.1) is 22.5 Å². The molecule has 2 aromatic carbocycles. The second-order valence-electron chi connectivity index (χ2n) is 4.71. The van der Waals surface area contributed by atoms with E-state index in [1.807, 2.05) is 24.3 Å². The van der Waals surface area contributed by atoms with Gasteiger partial charge in [0.15, 0.2) is 0 Å². The van der Waals surface area contributed by atoms with Crippen molar-refractivity contribution in [3.63, 3.8) is 0 Å². The lowest BCUT2D eigenvalue weighted by Gasteiger charge is -2.11. The number of nitro groups is 1. The summed E-state index contributed by atoms with van der Waals surface area (Å²) in [5.41, 5.74) is 1.57. The van der Waals surface area contributed by atoms with Gasteiger partial charge in [-0.15, -0.1) is 6.42 Å². The summed E-state index contributed by atoms with van der Waals surface area (Å²) in [6.07, 6.45) is 7.40. The van der Waals surface area contributed by atoms with Crippen LogP contribution in [0.3, 0.4) is 0 Å². The zero-order valence-corrected chi connectivity index (χ0v) is 14.2. The van der Waals surface area contributed by atoms with Crippen molar-refractivity contribution in [2.24, 2.45) is 0 Å². The Balaban J connectivity index is 2.13. The summed E-state index contributed by atoms with van der Waals surface area (Å²) in [5.74, 6) is 3.38. The minimum atomic E-state index is -0.539. The Bertz CT molecular complexity index is 779. The first-order valence-corrected chi connectivity index (χ1v) is 7.77. The quantitative estimate of drug-likeness (QED) is 0.403. The van der Waals surface area contributed by atoms with E-state index in [-0.39, 0.29) is 6.61 Å². The molecule has 0 aliphatic carbocycles. The van der Waals surface area contributed by atoms with Crippen molar-refractivity contribution in [1.29, 1.82) is 0 Å². The molecule has 0 atom stereocenters. The van der Waals surface area contributed by atoms with Crippen LogP contribution in [0.4, 0.5) is 0 Å². The average Bonchev–Trinajstić information content (AvgIpc) is 2.58. The van der Waals surface area contributed by atoms with Gasteiger partial charge in [0.05, 0.1) is 4.92 Å². The van der Waals surface area contributed by atoms with Crippen LogP contribution in [-0.4, -0.2) is 11.5 Å². The van der Waals surface area contributed by atoms with E-state index in [4.69, 9.17) is 15.9 Å². The maximum atomic E-state index is 10.5. The molecule has 6 heteroatoms. The molecule has 0 radical (unpaired) electrons. The molecule has 0 N–H and O–H groups in total. The summed E-state index contributed by atoms with van der Waals surface area (Å²) in [7, 11) is 0. The molecular weight excluding hydrogens is 374 g/mol. The second kappa shape index (κ2) is 8.75. The standard InChI is InChI=1S/C18H14BrNO4/c1-2-11-23-18-12-17(8-5-15(18)9-10-20(21)22)24-13-14-3-6-16(19)7-4-14/h1,3-10,12H,11,13H2/b10-9+. The average molecular weight is 388 g/mol. The Kier molecular flexibility index (Phi) is 6.41. The maximum absolute atomic E-state index is 10.5. The van der Waals surface area contributed by atoms with Gasteiger partial charge in [-0.25, -0.2) is 0 Å². The van der Waals surface area contributed by atoms with Gasteiger partial charge in [0, 0.05) is 22.2 Å². The van der Waals surface area contributed by atoms with Crippen LogP contribution in [0.1, 0.15) is 11.1 Å². The van der Waals surface area contributed by atoms with Crippen LogP contribution in [0.5, 0.6) is 11.5 Å². The number of nitrogens with zero attached hydrogens (tertiary/aromatic N) is 1. The van der Waals surface area contributed by atoms with E-state index in [0.717, 1.165) is 16.2 Å². The third-order valence-electron chi connectivity index (χ3n) is 2.99. The summed E-state index contributed by atoms with van der Waals surface area (Å²) >= 11 is 3.38. The summed E-state index contributed by atoms with van der Waals surface area (Å²) < 4.78 is 12.2. The first-order chi connectivity index (χ1) is 11.6. The Labute approximate surface area is 148 Å². The predicted molar refractivity (Wildman–Crippen MR) is 95.3 cm³/mol. The summed E-state index contributed by atoms with van der Waals surface area (Å²) in [6, 6.07) is 12.8. The normalized spacial score (nSPS) is 10.3. The topological polar surface area (TPSA) is 61.6 Å². The summed E-state index contributed by atoms with van der Waals surface area (Å²) in [4.78, 5) is 9.93. The lowest BCUT2D eigenvalue weighted by Crippen LogP contribution is -1.99. The molecule has 0 fully saturated rings. The van der Waals surface area contributed by atoms with E-state index in [2.05, 4.69) is 21.9 Å². The van der Waals surface area contributed by atoms with Crippen LogP contribution in [0.15, 0.2) is 53.1 Å². The number of hydrogen-bond donors (Lipinski definition) is 0. The summed E-state index contributed by atoms with van der Waals surface area (Å²) in [5, 5.41) is 10.5. The monoisotopic (exact) mass is 387 g/mol. The van der Waals surface area contributed by atoms with E-state index in [0.29, 0.717) is 23.7 Å². The van der Waals surface area contributed by atoms with Gasteiger partial charge in [-0.2, -0.15) is 0 Å². The zero-order chi connectivity index (χ0) is 17.4. The molecule has 0 amide bonds. The SMILES string of the molecule is C#CCOc1cc(OCc2ccc(Br)cc2)ccc1/C=C/[N+](=O)[O-]. The lowest BCUT2D eigenvalue weighted by molar-refractivity contribution is -0.400. The van der Waals surface area contributed by atoms with Gasteiger partial charge in [-0.3, -0.25) is 10.1 Å². The molecule has 0 saturated carbocycles. The second-order valence-corrected chi connectivity index (χ2v) is 5.62. The highest BCUT2D eigenvalue weighted by atomic mass is 79.9. The van der Waals surface area contributed by atoms with Gasteiger partial charge in [-0.05, 0) is 29.8 Å². The number of rotatable bonds is 7. The molecule has 0 spiro atoms. The van der Waals surface area contributed by atoms with Crippen LogP contribution >= 0.6 is 15.9 Å². The largest absolute Gasteiger partial charge is 0.489 e. The fourth-order valence-corrected chi connectivity index (χ4v) is 2.14. The smallest absolute Gasteiger partial charge is 0.235 e. The molecule has 0 saturated heterocycles. The third kappa shape index (κ3) is 5.45. The molecule has 2 rings (SSSR count). The van der Waals surface area contributed by atoms with Gasteiger partial charge in [0.2, 0.25) is 6.20 Å². The van der Waals surface area contributed by atoms with E-state index < -0.39 is 4.92 Å². The first kappa shape index (κ1) is 17.6. The molecule has 122 valence electrons. The number of hydrogen-bond acceptors (Lipinski definition) is 4. The number of terminal acetylenes is 1. The molecule has 0 aliphatic rings. The fourth-order valence-electron chi connectivity index (χ4n) is 1.88. The van der Waals surface area contributed by atoms with Crippen molar-refractivity contribution in [3.05, 3.63) is 74.4 Å². The molecule has 0 aliphatic heterocycles. The third-order valence-corrected chi connectivity index (χ3v) is 3.52. The maximum Gasteiger partial charge on any atom is 0.235 e. The van der Waals surface area contributed by atoms with Crippen LogP contribution < -0.4 is 9.47 Å². The number of ether oxygens (including phenoxy) is 2. The zero-order valence-electron chi connectivity index (χ0n) is 12.6. The number of benzene rings is 2. The Morgan fingerprint density at radius 1 is 1.21 bits per heavy atom. The van der Waals surface area contributed by atoms with Crippen molar-refractivity contribution in [1.82, 2.24) is 0 Å². The molecular formula is C18H14BrNO4. The van der Waals surface area contributed by atoms with Crippen LogP contribution in [-0.2, 0) is 6.61 Å². The van der Waals surface area contributed by atoms with E-state index in [9.17, 15) is 10.1 Å². The van der Waals surface area contributed by atoms with Crippen molar-refractivity contribution in [2.45, 2.75) is 6.61 Å². The molecule has 2 aromatic rings. The Morgan fingerprint density at radius 3 is 2.62 bits per heavy atom. The van der Waals surface area contributed by atoms with E-state index >= 15 is 0 Å². The molecule has 0 unspecified atom stereocenters. The Morgan fingerprint density at radius 2 is 1.96 bits per heavy atom. The summed E-state index contributed by atoms with van der Waals surface area (Å²) in [6.45, 7) is 0.460. The van der Waals surface area contributed by atoms with Crippen LogP contribution in [0.25, 0.3) is 6.08 Å². The molecule has 0 bridgehead atoms. The fraction of sp³-hybridized carbons (Fsp3) is 0.111. The number of halogens is 1.